The lowest BCUT2D eigenvalue weighted by atomic mass is 10.1. The van der Waals surface area contributed by atoms with Gasteiger partial charge in [0.2, 0.25) is 10.0 Å². The Balaban J connectivity index is 2.09. The Kier molecular flexibility index (Phi) is 4.83. The molecule has 2 N–H and O–H groups in total. The van der Waals surface area contributed by atoms with Crippen LogP contribution in [-0.4, -0.2) is 37.1 Å². The van der Waals surface area contributed by atoms with E-state index in [0.717, 1.165) is 0 Å². The van der Waals surface area contributed by atoms with Crippen molar-refractivity contribution in [2.75, 3.05) is 18.5 Å². The molecule has 1 atom stereocenters. The Morgan fingerprint density at radius 3 is 2.19 bits per heavy atom. The Bertz CT molecular complexity index is 1100. The Hall–Kier alpha value is -2.30. The molecule has 2 aromatic carbocycles. The number of nitrogens with zero attached hydrogens (tertiary/aromatic N) is 1. The maximum absolute atomic E-state index is 13.2. The number of primary sulfonamides is 1. The molecule has 27 heavy (non-hydrogen) atoms. The van der Waals surface area contributed by atoms with Gasteiger partial charge in [-0.05, 0) is 49.2 Å². The molecular weight excluding hydrogens is 392 g/mol. The van der Waals surface area contributed by atoms with Gasteiger partial charge >= 0.3 is 0 Å². The maximum Gasteiger partial charge on any atom is 0.264 e. The predicted molar refractivity (Wildman–Crippen MR) is 100 cm³/mol. The summed E-state index contributed by atoms with van der Waals surface area (Å²) in [5.74, 6) is 0.722. The molecule has 2 aromatic rings. The van der Waals surface area contributed by atoms with Gasteiger partial charge in [-0.3, -0.25) is 4.31 Å². The van der Waals surface area contributed by atoms with E-state index in [4.69, 9.17) is 14.6 Å². The van der Waals surface area contributed by atoms with E-state index < -0.39 is 20.0 Å². The van der Waals surface area contributed by atoms with Crippen LogP contribution < -0.4 is 18.9 Å². The highest BCUT2D eigenvalue weighted by molar-refractivity contribution is 7.93. The van der Waals surface area contributed by atoms with Crippen LogP contribution >= 0.6 is 0 Å². The minimum absolute atomic E-state index is 0.0428. The van der Waals surface area contributed by atoms with Gasteiger partial charge in [-0.15, -0.1) is 0 Å². The van der Waals surface area contributed by atoms with Gasteiger partial charge in [0, 0.05) is 12.1 Å². The first-order valence-electron chi connectivity index (χ1n) is 8.01. The first-order valence-corrected chi connectivity index (χ1v) is 11.0. The lowest BCUT2D eigenvalue weighted by Gasteiger charge is -2.25. The van der Waals surface area contributed by atoms with Gasteiger partial charge in [0.25, 0.3) is 10.0 Å². The van der Waals surface area contributed by atoms with Crippen molar-refractivity contribution in [3.63, 3.8) is 0 Å². The molecular formula is C17H20N2O6S2. The fourth-order valence-corrected chi connectivity index (χ4v) is 5.49. The van der Waals surface area contributed by atoms with Crippen LogP contribution in [0.15, 0.2) is 46.2 Å². The summed E-state index contributed by atoms with van der Waals surface area (Å²) >= 11 is 0. The van der Waals surface area contributed by atoms with Gasteiger partial charge < -0.3 is 9.47 Å². The highest BCUT2D eigenvalue weighted by atomic mass is 32.2. The maximum atomic E-state index is 13.2. The van der Waals surface area contributed by atoms with Crippen molar-refractivity contribution in [2.24, 2.45) is 5.14 Å². The van der Waals surface area contributed by atoms with Crippen molar-refractivity contribution in [2.45, 2.75) is 29.2 Å². The van der Waals surface area contributed by atoms with Crippen LogP contribution in [0.2, 0.25) is 0 Å². The van der Waals surface area contributed by atoms with E-state index in [2.05, 4.69) is 0 Å². The molecule has 0 radical (unpaired) electrons. The first-order chi connectivity index (χ1) is 12.6. The molecule has 1 unspecified atom stereocenters. The summed E-state index contributed by atoms with van der Waals surface area (Å²) in [4.78, 5) is 0.00851. The summed E-state index contributed by atoms with van der Waals surface area (Å²) in [6.07, 6.45) is 0.380. The average Bonchev–Trinajstić information content (AvgIpc) is 2.95. The van der Waals surface area contributed by atoms with E-state index in [-0.39, 0.29) is 15.8 Å². The largest absolute Gasteiger partial charge is 0.493 e. The standard InChI is InChI=1S/C17H20N2O6S2/c1-11-8-12-9-13(26(18,20)21)4-6-15(12)19(11)27(22,23)14-5-7-16(24-2)17(10-14)25-3/h4-7,9-11H,8H2,1-3H3,(H2,18,20,21). The number of anilines is 1. The predicted octanol–water partition coefficient (Wildman–Crippen LogP) is 1.49. The third-order valence-corrected chi connectivity index (χ3v) is 7.28. The van der Waals surface area contributed by atoms with Crippen LogP contribution in [0.4, 0.5) is 5.69 Å². The molecule has 0 spiro atoms. The van der Waals surface area contributed by atoms with Crippen molar-refractivity contribution < 1.29 is 26.3 Å². The molecule has 0 aliphatic carbocycles. The number of benzene rings is 2. The number of hydrogen-bond donors (Lipinski definition) is 1. The number of rotatable bonds is 5. The van der Waals surface area contributed by atoms with E-state index in [1.807, 2.05) is 0 Å². The van der Waals surface area contributed by atoms with Crippen LogP contribution in [0.3, 0.4) is 0 Å². The molecule has 0 saturated heterocycles. The topological polar surface area (TPSA) is 116 Å². The van der Waals surface area contributed by atoms with E-state index in [1.165, 1.54) is 54.9 Å². The van der Waals surface area contributed by atoms with E-state index in [9.17, 15) is 16.8 Å². The molecule has 8 nitrogen and oxygen atoms in total. The molecule has 10 heteroatoms. The monoisotopic (exact) mass is 412 g/mol. The second-order valence-electron chi connectivity index (χ2n) is 6.21. The van der Waals surface area contributed by atoms with Crippen LogP contribution in [0.1, 0.15) is 12.5 Å². The highest BCUT2D eigenvalue weighted by Crippen LogP contribution is 2.39. The van der Waals surface area contributed by atoms with Gasteiger partial charge in [-0.2, -0.15) is 0 Å². The molecule has 1 heterocycles. The fraction of sp³-hybridized carbons (Fsp3) is 0.294. The average molecular weight is 412 g/mol. The van der Waals surface area contributed by atoms with Crippen molar-refractivity contribution in [3.8, 4) is 11.5 Å². The van der Waals surface area contributed by atoms with Crippen LogP contribution in [0.5, 0.6) is 11.5 Å². The van der Waals surface area contributed by atoms with Crippen molar-refractivity contribution in [1.82, 2.24) is 0 Å². The van der Waals surface area contributed by atoms with Gasteiger partial charge in [-0.25, -0.2) is 22.0 Å². The molecule has 146 valence electrons. The van der Waals surface area contributed by atoms with Crippen molar-refractivity contribution >= 4 is 25.7 Å². The quantitative estimate of drug-likeness (QED) is 0.795. The van der Waals surface area contributed by atoms with E-state index >= 15 is 0 Å². The van der Waals surface area contributed by atoms with Crippen LogP contribution in [0, 0.1) is 0 Å². The zero-order valence-electron chi connectivity index (χ0n) is 15.0. The van der Waals surface area contributed by atoms with Crippen LogP contribution in [-0.2, 0) is 26.5 Å². The minimum atomic E-state index is -3.89. The lowest BCUT2D eigenvalue weighted by molar-refractivity contribution is 0.354. The molecule has 1 aliphatic rings. The normalized spacial score (nSPS) is 16.9. The van der Waals surface area contributed by atoms with E-state index in [0.29, 0.717) is 29.2 Å². The van der Waals surface area contributed by atoms with Gasteiger partial charge in [0.05, 0.1) is 29.7 Å². The van der Waals surface area contributed by atoms with E-state index in [1.54, 1.807) is 6.92 Å². The van der Waals surface area contributed by atoms with Gasteiger partial charge in [0.1, 0.15) is 0 Å². The molecule has 0 aromatic heterocycles. The summed E-state index contributed by atoms with van der Waals surface area (Å²) in [5, 5.41) is 5.17. The summed E-state index contributed by atoms with van der Waals surface area (Å²) in [5.41, 5.74) is 1.04. The zero-order valence-corrected chi connectivity index (χ0v) is 16.7. The second kappa shape index (κ2) is 6.70. The number of fused-ring (bicyclic) bond motifs is 1. The summed E-state index contributed by atoms with van der Waals surface area (Å²) in [7, 11) is -4.86. The molecule has 1 aliphatic heterocycles. The number of hydrogen-bond acceptors (Lipinski definition) is 6. The Morgan fingerprint density at radius 1 is 0.963 bits per heavy atom. The smallest absolute Gasteiger partial charge is 0.264 e. The van der Waals surface area contributed by atoms with Crippen LogP contribution in [0.25, 0.3) is 0 Å². The minimum Gasteiger partial charge on any atom is -0.493 e. The Morgan fingerprint density at radius 2 is 1.59 bits per heavy atom. The fourth-order valence-electron chi connectivity index (χ4n) is 3.21. The molecule has 3 rings (SSSR count). The lowest BCUT2D eigenvalue weighted by Crippen LogP contribution is -2.35. The number of sulfonamides is 2. The molecule has 0 amide bonds. The van der Waals surface area contributed by atoms with Gasteiger partial charge in [0.15, 0.2) is 11.5 Å². The van der Waals surface area contributed by atoms with Gasteiger partial charge in [-0.1, -0.05) is 0 Å². The number of nitrogens with two attached hydrogens (primary N) is 1. The molecule has 0 bridgehead atoms. The molecule has 0 saturated carbocycles. The third-order valence-electron chi connectivity index (χ3n) is 4.44. The zero-order chi connectivity index (χ0) is 20.0. The SMILES string of the molecule is COc1ccc(S(=O)(=O)N2c3ccc(S(N)(=O)=O)cc3CC2C)cc1OC. The summed E-state index contributed by atoms with van der Waals surface area (Å²) in [6.45, 7) is 1.76. The second-order valence-corrected chi connectivity index (χ2v) is 9.58. The Labute approximate surface area is 158 Å². The number of ether oxygens (including phenoxy) is 2. The number of methoxy groups -OCH3 is 2. The van der Waals surface area contributed by atoms with Crippen molar-refractivity contribution in [1.29, 1.82) is 0 Å². The summed E-state index contributed by atoms with van der Waals surface area (Å²) in [6, 6.07) is 8.19. The van der Waals surface area contributed by atoms with Crippen molar-refractivity contribution in [3.05, 3.63) is 42.0 Å². The summed E-state index contributed by atoms with van der Waals surface area (Å²) < 4.78 is 61.3. The highest BCUT2D eigenvalue weighted by Gasteiger charge is 2.37. The third kappa shape index (κ3) is 3.35. The molecule has 0 fully saturated rings. The first kappa shape index (κ1) is 19.5.